The van der Waals surface area contributed by atoms with Crippen LogP contribution in [0.3, 0.4) is 0 Å². The Morgan fingerprint density at radius 3 is 2.32 bits per heavy atom. The van der Waals surface area contributed by atoms with Gasteiger partial charge in [-0.25, -0.2) is 0 Å². The average molecular weight is 315 g/mol. The van der Waals surface area contributed by atoms with Crippen LogP contribution in [-0.4, -0.2) is 36.8 Å². The van der Waals surface area contributed by atoms with Crippen molar-refractivity contribution in [1.82, 2.24) is 4.90 Å². The fourth-order valence-electron chi connectivity index (χ4n) is 2.61. The molecule has 1 aliphatic rings. The molecule has 1 saturated heterocycles. The summed E-state index contributed by atoms with van der Waals surface area (Å²) in [5, 5.41) is 0. The molecule has 0 bridgehead atoms. The fraction of sp³-hybridized carbons (Fsp3) is 0.647. The summed E-state index contributed by atoms with van der Waals surface area (Å²) in [5.41, 5.74) is 1.33. The topological polar surface area (TPSA) is 12.5 Å². The lowest BCUT2D eigenvalue weighted by Gasteiger charge is -2.20. The van der Waals surface area contributed by atoms with Gasteiger partial charge in [-0.1, -0.05) is 32.9 Å². The molecular weight excluding hydrogens is 291 g/mol. The van der Waals surface area contributed by atoms with E-state index in [9.17, 15) is 13.2 Å². The normalized spacial score (nSPS) is 20.4. The number of ether oxygens (including phenoxy) is 1. The van der Waals surface area contributed by atoms with Gasteiger partial charge in [-0.05, 0) is 29.5 Å². The summed E-state index contributed by atoms with van der Waals surface area (Å²) < 4.78 is 42.6. The summed E-state index contributed by atoms with van der Waals surface area (Å²) in [6.45, 7) is 7.75. The van der Waals surface area contributed by atoms with Gasteiger partial charge in [0.15, 0.2) is 0 Å². The number of rotatable bonds is 4. The zero-order valence-corrected chi connectivity index (χ0v) is 13.4. The van der Waals surface area contributed by atoms with Crippen LogP contribution in [0.5, 0.6) is 5.75 Å². The minimum atomic E-state index is -4.08. The van der Waals surface area contributed by atoms with Crippen LogP contribution >= 0.6 is 0 Å². The standard InChI is InChI=1S/C17H24F3NO/c1-16(2,3)13-4-6-14(7-5-13)22-15-8-10-21(12-15)11-9-17(18,19)20/h4-7,15H,8-12H2,1-3H3/t15-/m1/s1. The van der Waals surface area contributed by atoms with E-state index in [1.165, 1.54) is 5.56 Å². The highest BCUT2D eigenvalue weighted by Gasteiger charge is 2.31. The molecule has 1 atom stereocenters. The molecule has 2 rings (SSSR count). The third-order valence-electron chi connectivity index (χ3n) is 3.96. The summed E-state index contributed by atoms with van der Waals surface area (Å²) in [5.74, 6) is 0.788. The molecule has 1 aliphatic heterocycles. The van der Waals surface area contributed by atoms with E-state index in [0.717, 1.165) is 12.2 Å². The lowest BCUT2D eigenvalue weighted by atomic mass is 9.87. The van der Waals surface area contributed by atoms with E-state index in [-0.39, 0.29) is 18.1 Å². The first-order chi connectivity index (χ1) is 10.1. The maximum atomic E-state index is 12.2. The van der Waals surface area contributed by atoms with Gasteiger partial charge < -0.3 is 4.74 Å². The molecule has 0 saturated carbocycles. The second kappa shape index (κ2) is 6.49. The Bertz CT molecular complexity index is 476. The van der Waals surface area contributed by atoms with Crippen molar-refractivity contribution in [2.24, 2.45) is 0 Å². The van der Waals surface area contributed by atoms with Crippen LogP contribution in [0.25, 0.3) is 0 Å². The van der Waals surface area contributed by atoms with E-state index in [1.54, 1.807) is 0 Å². The van der Waals surface area contributed by atoms with Gasteiger partial charge >= 0.3 is 6.18 Å². The van der Waals surface area contributed by atoms with Crippen LogP contribution in [0, 0.1) is 0 Å². The Morgan fingerprint density at radius 2 is 1.77 bits per heavy atom. The van der Waals surface area contributed by atoms with Gasteiger partial charge in [0.05, 0.1) is 6.42 Å². The van der Waals surface area contributed by atoms with Crippen molar-refractivity contribution in [2.75, 3.05) is 19.6 Å². The first-order valence-corrected chi connectivity index (χ1v) is 7.70. The average Bonchev–Trinajstić information content (AvgIpc) is 2.83. The zero-order valence-electron chi connectivity index (χ0n) is 13.4. The molecule has 1 aromatic rings. The second-order valence-electron chi connectivity index (χ2n) is 6.97. The van der Waals surface area contributed by atoms with Gasteiger partial charge in [0.2, 0.25) is 0 Å². The van der Waals surface area contributed by atoms with E-state index in [0.29, 0.717) is 13.1 Å². The molecule has 1 aromatic carbocycles. The Hall–Kier alpha value is -1.23. The first kappa shape index (κ1) is 17.1. The maximum Gasteiger partial charge on any atom is 0.390 e. The number of nitrogens with zero attached hydrogens (tertiary/aromatic N) is 1. The van der Waals surface area contributed by atoms with Crippen molar-refractivity contribution in [2.45, 2.75) is 51.3 Å². The molecule has 5 heteroatoms. The molecule has 0 spiro atoms. The molecule has 22 heavy (non-hydrogen) atoms. The van der Waals surface area contributed by atoms with E-state index >= 15 is 0 Å². The van der Waals surface area contributed by atoms with Crippen molar-refractivity contribution in [3.63, 3.8) is 0 Å². The van der Waals surface area contributed by atoms with Crippen LogP contribution < -0.4 is 4.74 Å². The number of hydrogen-bond donors (Lipinski definition) is 0. The van der Waals surface area contributed by atoms with E-state index in [2.05, 4.69) is 20.8 Å². The van der Waals surface area contributed by atoms with Crippen molar-refractivity contribution in [1.29, 1.82) is 0 Å². The van der Waals surface area contributed by atoms with Crippen molar-refractivity contribution < 1.29 is 17.9 Å². The Morgan fingerprint density at radius 1 is 1.14 bits per heavy atom. The zero-order chi connectivity index (χ0) is 16.4. The molecule has 0 unspecified atom stereocenters. The predicted octanol–water partition coefficient (Wildman–Crippen LogP) is 4.39. The van der Waals surface area contributed by atoms with Crippen molar-refractivity contribution >= 4 is 0 Å². The van der Waals surface area contributed by atoms with E-state index in [4.69, 9.17) is 4.74 Å². The maximum absolute atomic E-state index is 12.2. The lowest BCUT2D eigenvalue weighted by molar-refractivity contribution is -0.137. The Balaban J connectivity index is 1.83. The van der Waals surface area contributed by atoms with Crippen LogP contribution in [0.2, 0.25) is 0 Å². The largest absolute Gasteiger partial charge is 0.489 e. The summed E-state index contributed by atoms with van der Waals surface area (Å²) in [6.07, 6.45) is -4.07. The molecule has 2 nitrogen and oxygen atoms in total. The highest BCUT2D eigenvalue weighted by Crippen LogP contribution is 2.26. The minimum absolute atomic E-state index is 0.0197. The number of hydrogen-bond acceptors (Lipinski definition) is 2. The van der Waals surface area contributed by atoms with Gasteiger partial charge in [-0.15, -0.1) is 0 Å². The van der Waals surface area contributed by atoms with Gasteiger partial charge in [0.1, 0.15) is 11.9 Å². The quantitative estimate of drug-likeness (QED) is 0.817. The number of alkyl halides is 3. The summed E-state index contributed by atoms with van der Waals surface area (Å²) in [4.78, 5) is 1.82. The highest BCUT2D eigenvalue weighted by atomic mass is 19.4. The number of likely N-dealkylation sites (tertiary alicyclic amines) is 1. The third-order valence-corrected chi connectivity index (χ3v) is 3.96. The fourth-order valence-corrected chi connectivity index (χ4v) is 2.61. The molecule has 1 heterocycles. The highest BCUT2D eigenvalue weighted by molar-refractivity contribution is 5.31. The Labute approximate surface area is 130 Å². The van der Waals surface area contributed by atoms with Crippen LogP contribution in [0.1, 0.15) is 39.2 Å². The molecule has 0 radical (unpaired) electrons. The van der Waals surface area contributed by atoms with Crippen molar-refractivity contribution in [3.05, 3.63) is 29.8 Å². The predicted molar refractivity (Wildman–Crippen MR) is 81.3 cm³/mol. The molecular formula is C17H24F3NO. The van der Waals surface area contributed by atoms with E-state index < -0.39 is 12.6 Å². The molecule has 124 valence electrons. The third kappa shape index (κ3) is 5.20. The van der Waals surface area contributed by atoms with Gasteiger partial charge in [-0.3, -0.25) is 4.90 Å². The molecule has 0 N–H and O–H groups in total. The lowest BCUT2D eigenvalue weighted by Crippen LogP contribution is -2.28. The van der Waals surface area contributed by atoms with Gasteiger partial charge in [0.25, 0.3) is 0 Å². The van der Waals surface area contributed by atoms with Crippen LogP contribution in [0.4, 0.5) is 13.2 Å². The van der Waals surface area contributed by atoms with Crippen LogP contribution in [-0.2, 0) is 5.41 Å². The number of halogens is 3. The number of benzene rings is 1. The van der Waals surface area contributed by atoms with Crippen molar-refractivity contribution in [3.8, 4) is 5.75 Å². The molecule has 0 aromatic heterocycles. The monoisotopic (exact) mass is 315 g/mol. The summed E-state index contributed by atoms with van der Waals surface area (Å²) >= 11 is 0. The minimum Gasteiger partial charge on any atom is -0.489 e. The molecule has 0 aliphatic carbocycles. The smallest absolute Gasteiger partial charge is 0.390 e. The van der Waals surface area contributed by atoms with Gasteiger partial charge in [-0.2, -0.15) is 13.2 Å². The Kier molecular flexibility index (Phi) is 5.05. The molecule has 1 fully saturated rings. The van der Waals surface area contributed by atoms with E-state index in [1.807, 2.05) is 29.2 Å². The summed E-state index contributed by atoms with van der Waals surface area (Å²) in [7, 11) is 0. The van der Waals surface area contributed by atoms with Gasteiger partial charge in [0, 0.05) is 19.6 Å². The SMILES string of the molecule is CC(C)(C)c1ccc(O[C@@H]2CCN(CCC(F)(F)F)C2)cc1. The molecule has 0 amide bonds. The summed E-state index contributed by atoms with van der Waals surface area (Å²) in [6, 6.07) is 7.98. The second-order valence-corrected chi connectivity index (χ2v) is 6.97. The first-order valence-electron chi connectivity index (χ1n) is 7.70. The van der Waals surface area contributed by atoms with Crippen LogP contribution in [0.15, 0.2) is 24.3 Å².